The maximum atomic E-state index is 12.6. The van der Waals surface area contributed by atoms with Gasteiger partial charge in [-0.2, -0.15) is 0 Å². The van der Waals surface area contributed by atoms with Gasteiger partial charge in [0.15, 0.2) is 5.82 Å². The van der Waals surface area contributed by atoms with Crippen LogP contribution >= 0.6 is 11.3 Å². The first-order valence-corrected chi connectivity index (χ1v) is 5.89. The fraction of sp³-hybridized carbons (Fsp3) is 0.273. The van der Waals surface area contributed by atoms with Gasteiger partial charge in [0.2, 0.25) is 0 Å². The lowest BCUT2D eigenvalue weighted by Gasteiger charge is -2.04. The van der Waals surface area contributed by atoms with Crippen LogP contribution in [0.15, 0.2) is 24.5 Å². The zero-order chi connectivity index (χ0) is 13.1. The summed E-state index contributed by atoms with van der Waals surface area (Å²) in [7, 11) is 1.30. The molecule has 0 unspecified atom stereocenters. The van der Waals surface area contributed by atoms with Crippen molar-refractivity contribution in [2.45, 2.75) is 13.0 Å². The zero-order valence-electron chi connectivity index (χ0n) is 9.47. The van der Waals surface area contributed by atoms with E-state index in [0.717, 1.165) is 4.88 Å². The summed E-state index contributed by atoms with van der Waals surface area (Å²) in [5.74, 6) is -0.700. The smallest absolute Gasteiger partial charge is 0.348 e. The molecule has 0 fully saturated rings. The second-order valence-electron chi connectivity index (χ2n) is 3.47. The topological polar surface area (TPSA) is 44.1 Å². The second-order valence-corrected chi connectivity index (χ2v) is 4.64. The van der Waals surface area contributed by atoms with Crippen LogP contribution in [0, 0.1) is 0 Å². The molecule has 0 spiro atoms. The van der Waals surface area contributed by atoms with E-state index in [1.54, 1.807) is 12.1 Å². The fourth-order valence-corrected chi connectivity index (χ4v) is 2.42. The number of hydrogen-bond acceptors (Lipinski definition) is 4. The molecular weight excluding hydrogens is 262 g/mol. The van der Waals surface area contributed by atoms with E-state index in [4.69, 9.17) is 0 Å². The normalized spacial score (nSPS) is 10.9. The molecule has 4 nitrogen and oxygen atoms in total. The van der Waals surface area contributed by atoms with Gasteiger partial charge < -0.3 is 9.30 Å². The van der Waals surface area contributed by atoms with Crippen molar-refractivity contribution in [3.8, 4) is 0 Å². The lowest BCUT2D eigenvalue weighted by Crippen LogP contribution is -2.03. The van der Waals surface area contributed by atoms with Crippen molar-refractivity contribution in [3.05, 3.63) is 40.1 Å². The minimum Gasteiger partial charge on any atom is -0.465 e. The first kappa shape index (κ1) is 12.7. The van der Waals surface area contributed by atoms with Crippen molar-refractivity contribution in [2.24, 2.45) is 0 Å². The molecule has 2 rings (SSSR count). The summed E-state index contributed by atoms with van der Waals surface area (Å²) >= 11 is 1.22. The second kappa shape index (κ2) is 5.26. The summed E-state index contributed by atoms with van der Waals surface area (Å²) in [6.07, 6.45) is 0.204. The average molecular weight is 272 g/mol. The molecule has 0 bridgehead atoms. The van der Waals surface area contributed by atoms with Gasteiger partial charge in [-0.3, -0.25) is 0 Å². The van der Waals surface area contributed by atoms with E-state index in [0.29, 0.717) is 4.88 Å². The maximum absolute atomic E-state index is 12.6. The van der Waals surface area contributed by atoms with Crippen molar-refractivity contribution < 1.29 is 18.3 Å². The molecule has 0 aliphatic heterocycles. The monoisotopic (exact) mass is 272 g/mol. The van der Waals surface area contributed by atoms with Gasteiger partial charge in [0.1, 0.15) is 4.88 Å². The third-order valence-corrected chi connectivity index (χ3v) is 3.37. The first-order chi connectivity index (χ1) is 8.61. The Labute approximate surface area is 106 Å². The SMILES string of the molecule is COC(=O)c1ccc(Cn2ccnc2C(F)F)s1. The van der Waals surface area contributed by atoms with Crippen LogP contribution in [-0.2, 0) is 11.3 Å². The van der Waals surface area contributed by atoms with Crippen molar-refractivity contribution >= 4 is 17.3 Å². The number of thiophene rings is 1. The van der Waals surface area contributed by atoms with Gasteiger partial charge in [-0.25, -0.2) is 18.6 Å². The Morgan fingerprint density at radius 2 is 2.33 bits per heavy atom. The van der Waals surface area contributed by atoms with Crippen LogP contribution in [0.2, 0.25) is 0 Å². The number of ether oxygens (including phenoxy) is 1. The van der Waals surface area contributed by atoms with E-state index in [-0.39, 0.29) is 12.4 Å². The predicted octanol–water partition coefficient (Wildman–Crippen LogP) is 2.72. The number of imidazole rings is 1. The Kier molecular flexibility index (Phi) is 3.71. The highest BCUT2D eigenvalue weighted by atomic mass is 32.1. The van der Waals surface area contributed by atoms with E-state index >= 15 is 0 Å². The number of aromatic nitrogens is 2. The Bertz CT molecular complexity index is 551. The number of rotatable bonds is 4. The van der Waals surface area contributed by atoms with Crippen LogP contribution in [0.5, 0.6) is 0 Å². The molecule has 18 heavy (non-hydrogen) atoms. The van der Waals surface area contributed by atoms with Crippen LogP contribution in [-0.4, -0.2) is 22.6 Å². The van der Waals surface area contributed by atoms with Gasteiger partial charge in [0.25, 0.3) is 6.43 Å². The first-order valence-electron chi connectivity index (χ1n) is 5.08. The quantitative estimate of drug-likeness (QED) is 0.804. The molecule has 7 heteroatoms. The molecule has 2 aromatic rings. The van der Waals surface area contributed by atoms with E-state index in [1.807, 2.05) is 0 Å². The van der Waals surface area contributed by atoms with Crippen LogP contribution in [0.25, 0.3) is 0 Å². The molecule has 0 saturated heterocycles. The molecule has 0 N–H and O–H groups in total. The van der Waals surface area contributed by atoms with Crippen LogP contribution in [0.4, 0.5) is 8.78 Å². The summed E-state index contributed by atoms with van der Waals surface area (Å²) in [6.45, 7) is 0.265. The van der Waals surface area contributed by atoms with Gasteiger partial charge in [-0.15, -0.1) is 11.3 Å². The van der Waals surface area contributed by atoms with Crippen LogP contribution < -0.4 is 0 Å². The van der Waals surface area contributed by atoms with E-state index in [2.05, 4.69) is 9.72 Å². The zero-order valence-corrected chi connectivity index (χ0v) is 10.3. The van der Waals surface area contributed by atoms with Gasteiger partial charge in [0.05, 0.1) is 13.7 Å². The number of carbonyl (C=O) groups is 1. The molecule has 2 aromatic heterocycles. The molecule has 0 atom stereocenters. The van der Waals surface area contributed by atoms with Crippen molar-refractivity contribution in [1.82, 2.24) is 9.55 Å². The Balaban J connectivity index is 2.16. The molecule has 0 radical (unpaired) electrons. The lowest BCUT2D eigenvalue weighted by atomic mass is 10.4. The van der Waals surface area contributed by atoms with E-state index < -0.39 is 12.4 Å². The molecule has 0 saturated carbocycles. The number of carbonyl (C=O) groups excluding carboxylic acids is 1. The third-order valence-electron chi connectivity index (χ3n) is 2.32. The van der Waals surface area contributed by atoms with Gasteiger partial charge >= 0.3 is 5.97 Å². The molecule has 96 valence electrons. The van der Waals surface area contributed by atoms with E-state index in [1.165, 1.54) is 35.4 Å². The molecule has 0 amide bonds. The Morgan fingerprint density at radius 1 is 1.56 bits per heavy atom. The lowest BCUT2D eigenvalue weighted by molar-refractivity contribution is 0.0606. The molecular formula is C11H10F2N2O2S. The predicted molar refractivity (Wildman–Crippen MR) is 61.9 cm³/mol. The molecule has 0 aromatic carbocycles. The summed E-state index contributed by atoms with van der Waals surface area (Å²) in [5, 5.41) is 0. The summed E-state index contributed by atoms with van der Waals surface area (Å²) < 4.78 is 31.1. The van der Waals surface area contributed by atoms with Gasteiger partial charge in [-0.1, -0.05) is 0 Å². The number of methoxy groups -OCH3 is 1. The summed E-state index contributed by atoms with van der Waals surface area (Å²) in [4.78, 5) is 16.1. The van der Waals surface area contributed by atoms with Crippen molar-refractivity contribution in [2.75, 3.05) is 7.11 Å². The largest absolute Gasteiger partial charge is 0.465 e. The highest BCUT2D eigenvalue weighted by molar-refractivity contribution is 7.13. The minimum atomic E-state index is -2.61. The number of esters is 1. The fourth-order valence-electron chi connectivity index (χ4n) is 1.50. The highest BCUT2D eigenvalue weighted by Crippen LogP contribution is 2.22. The number of alkyl halides is 2. The van der Waals surface area contributed by atoms with E-state index in [9.17, 15) is 13.6 Å². The van der Waals surface area contributed by atoms with Crippen LogP contribution in [0.1, 0.15) is 26.8 Å². The standard InChI is InChI=1S/C11H10F2N2O2S/c1-17-11(16)8-3-2-7(18-8)6-15-5-4-14-10(15)9(12)13/h2-5,9H,6H2,1H3. The van der Waals surface area contributed by atoms with Gasteiger partial charge in [0, 0.05) is 17.3 Å². The summed E-state index contributed by atoms with van der Waals surface area (Å²) in [6, 6.07) is 3.33. The maximum Gasteiger partial charge on any atom is 0.348 e. The molecule has 0 aliphatic carbocycles. The highest BCUT2D eigenvalue weighted by Gasteiger charge is 2.15. The Hall–Kier alpha value is -1.76. The number of halogens is 2. The molecule has 0 aliphatic rings. The Morgan fingerprint density at radius 3 is 3.00 bits per heavy atom. The average Bonchev–Trinajstić information content (AvgIpc) is 2.97. The number of hydrogen-bond donors (Lipinski definition) is 0. The van der Waals surface area contributed by atoms with Crippen molar-refractivity contribution in [1.29, 1.82) is 0 Å². The number of nitrogens with zero attached hydrogens (tertiary/aromatic N) is 2. The molecule has 2 heterocycles. The van der Waals surface area contributed by atoms with Crippen LogP contribution in [0.3, 0.4) is 0 Å². The summed E-state index contributed by atoms with van der Waals surface area (Å²) in [5.41, 5.74) is 0. The van der Waals surface area contributed by atoms with Gasteiger partial charge in [-0.05, 0) is 12.1 Å². The van der Waals surface area contributed by atoms with Crippen molar-refractivity contribution in [3.63, 3.8) is 0 Å². The third kappa shape index (κ3) is 2.56. The minimum absolute atomic E-state index is 0.265.